The van der Waals surface area contributed by atoms with Crippen molar-refractivity contribution in [1.82, 2.24) is 10.2 Å². The third-order valence-corrected chi connectivity index (χ3v) is 2.33. The lowest BCUT2D eigenvalue weighted by atomic mass is 10.2. The molecule has 0 aliphatic rings. The zero-order valence-electron chi connectivity index (χ0n) is 10.0. The van der Waals surface area contributed by atoms with Crippen LogP contribution in [0.25, 0.3) is 0 Å². The van der Waals surface area contributed by atoms with Gasteiger partial charge in [-0.1, -0.05) is 6.92 Å². The molecule has 3 amide bonds. The zero-order chi connectivity index (χ0) is 12.6. The van der Waals surface area contributed by atoms with Crippen LogP contribution in [-0.2, 0) is 4.79 Å². The Morgan fingerprint density at radius 3 is 2.44 bits per heavy atom. The Morgan fingerprint density at radius 1 is 1.38 bits per heavy atom. The Hall–Kier alpha value is -1.14. The van der Waals surface area contributed by atoms with E-state index in [0.29, 0.717) is 6.54 Å². The molecule has 16 heavy (non-hydrogen) atoms. The molecule has 0 aromatic carbocycles. The molecule has 0 fully saturated rings. The SMILES string of the molecule is CCCN(CCCN)C(C)C(=O)NC(N)=O. The normalized spacial score (nSPS) is 12.5. The predicted octanol–water partition coefficient (Wildman–Crippen LogP) is -0.369. The lowest BCUT2D eigenvalue weighted by molar-refractivity contribution is -0.124. The Bertz CT molecular complexity index is 233. The van der Waals surface area contributed by atoms with Crippen molar-refractivity contribution in [3.63, 3.8) is 0 Å². The summed E-state index contributed by atoms with van der Waals surface area (Å²) in [5.41, 5.74) is 10.3. The van der Waals surface area contributed by atoms with Crippen LogP contribution in [0.15, 0.2) is 0 Å². The highest BCUT2D eigenvalue weighted by atomic mass is 16.2. The van der Waals surface area contributed by atoms with Gasteiger partial charge in [0.25, 0.3) is 0 Å². The third kappa shape index (κ3) is 5.67. The van der Waals surface area contributed by atoms with Crippen molar-refractivity contribution in [2.45, 2.75) is 32.7 Å². The van der Waals surface area contributed by atoms with Crippen LogP contribution in [0.3, 0.4) is 0 Å². The summed E-state index contributed by atoms with van der Waals surface area (Å²) in [7, 11) is 0. The summed E-state index contributed by atoms with van der Waals surface area (Å²) in [6.45, 7) is 5.92. The number of hydrogen-bond donors (Lipinski definition) is 3. The zero-order valence-corrected chi connectivity index (χ0v) is 10.0. The highest BCUT2D eigenvalue weighted by molar-refractivity contribution is 5.96. The number of amides is 3. The van der Waals surface area contributed by atoms with Gasteiger partial charge in [-0.05, 0) is 32.9 Å². The molecule has 0 radical (unpaired) electrons. The highest BCUT2D eigenvalue weighted by Gasteiger charge is 2.20. The number of carbonyl (C=O) groups excluding carboxylic acids is 2. The molecule has 0 rings (SSSR count). The second kappa shape index (κ2) is 8.06. The van der Waals surface area contributed by atoms with E-state index in [1.807, 2.05) is 11.8 Å². The van der Waals surface area contributed by atoms with E-state index >= 15 is 0 Å². The van der Waals surface area contributed by atoms with Gasteiger partial charge in [-0.2, -0.15) is 0 Å². The maximum atomic E-state index is 11.5. The van der Waals surface area contributed by atoms with E-state index in [-0.39, 0.29) is 11.9 Å². The number of rotatable bonds is 7. The van der Waals surface area contributed by atoms with Gasteiger partial charge >= 0.3 is 6.03 Å². The van der Waals surface area contributed by atoms with Crippen molar-refractivity contribution >= 4 is 11.9 Å². The van der Waals surface area contributed by atoms with Gasteiger partial charge in [-0.3, -0.25) is 15.0 Å². The van der Waals surface area contributed by atoms with Crippen LogP contribution in [0.5, 0.6) is 0 Å². The molecular weight excluding hydrogens is 208 g/mol. The molecule has 0 aliphatic carbocycles. The first-order chi connectivity index (χ1) is 7.52. The number of nitrogens with zero attached hydrogens (tertiary/aromatic N) is 1. The number of imide groups is 1. The summed E-state index contributed by atoms with van der Waals surface area (Å²) in [6.07, 6.45) is 1.77. The van der Waals surface area contributed by atoms with E-state index in [1.54, 1.807) is 6.92 Å². The van der Waals surface area contributed by atoms with Gasteiger partial charge in [0.1, 0.15) is 0 Å². The molecule has 94 valence electrons. The summed E-state index contributed by atoms with van der Waals surface area (Å²) >= 11 is 0. The largest absolute Gasteiger partial charge is 0.351 e. The Morgan fingerprint density at radius 2 is 2.00 bits per heavy atom. The molecule has 0 aliphatic heterocycles. The smallest absolute Gasteiger partial charge is 0.318 e. The Kier molecular flexibility index (Phi) is 7.49. The van der Waals surface area contributed by atoms with Crippen molar-refractivity contribution in [1.29, 1.82) is 0 Å². The number of primary amides is 1. The molecule has 0 bridgehead atoms. The number of urea groups is 1. The van der Waals surface area contributed by atoms with Crippen molar-refractivity contribution in [2.75, 3.05) is 19.6 Å². The minimum atomic E-state index is -0.813. The number of carbonyl (C=O) groups is 2. The fraction of sp³-hybridized carbons (Fsp3) is 0.800. The molecule has 0 aromatic heterocycles. The van der Waals surface area contributed by atoms with E-state index in [4.69, 9.17) is 11.5 Å². The molecule has 0 saturated heterocycles. The molecule has 1 atom stereocenters. The van der Waals surface area contributed by atoms with Crippen molar-refractivity contribution in [3.8, 4) is 0 Å². The van der Waals surface area contributed by atoms with Crippen LogP contribution in [0.1, 0.15) is 26.7 Å². The molecule has 6 nitrogen and oxygen atoms in total. The van der Waals surface area contributed by atoms with Crippen LogP contribution >= 0.6 is 0 Å². The minimum Gasteiger partial charge on any atom is -0.351 e. The van der Waals surface area contributed by atoms with Gasteiger partial charge in [-0.25, -0.2) is 4.79 Å². The van der Waals surface area contributed by atoms with E-state index < -0.39 is 6.03 Å². The van der Waals surface area contributed by atoms with E-state index in [9.17, 15) is 9.59 Å². The van der Waals surface area contributed by atoms with E-state index in [2.05, 4.69) is 5.32 Å². The van der Waals surface area contributed by atoms with Crippen molar-refractivity contribution < 1.29 is 9.59 Å². The van der Waals surface area contributed by atoms with Gasteiger partial charge in [0.05, 0.1) is 6.04 Å². The predicted molar refractivity (Wildman–Crippen MR) is 62.7 cm³/mol. The van der Waals surface area contributed by atoms with Gasteiger partial charge < -0.3 is 11.5 Å². The van der Waals surface area contributed by atoms with Crippen LogP contribution in [-0.4, -0.2) is 42.5 Å². The van der Waals surface area contributed by atoms with Crippen molar-refractivity contribution in [3.05, 3.63) is 0 Å². The summed E-state index contributed by atoms with van der Waals surface area (Å²) in [5, 5.41) is 2.08. The van der Waals surface area contributed by atoms with Crippen LogP contribution in [0.4, 0.5) is 4.79 Å². The third-order valence-electron chi connectivity index (χ3n) is 2.33. The summed E-state index contributed by atoms with van der Waals surface area (Å²) < 4.78 is 0. The molecule has 5 N–H and O–H groups in total. The first-order valence-electron chi connectivity index (χ1n) is 5.57. The maximum absolute atomic E-state index is 11.5. The van der Waals surface area contributed by atoms with Gasteiger partial charge in [0.15, 0.2) is 0 Å². The molecule has 1 unspecified atom stereocenters. The molecule has 0 heterocycles. The van der Waals surface area contributed by atoms with Crippen LogP contribution < -0.4 is 16.8 Å². The number of hydrogen-bond acceptors (Lipinski definition) is 4. The fourth-order valence-electron chi connectivity index (χ4n) is 1.47. The first-order valence-corrected chi connectivity index (χ1v) is 5.57. The number of nitrogens with one attached hydrogen (secondary N) is 1. The average Bonchev–Trinajstić information content (AvgIpc) is 2.22. The molecule has 0 spiro atoms. The minimum absolute atomic E-state index is 0.362. The maximum Gasteiger partial charge on any atom is 0.318 e. The topological polar surface area (TPSA) is 101 Å². The first kappa shape index (κ1) is 14.9. The van der Waals surface area contributed by atoms with Gasteiger partial charge in [-0.15, -0.1) is 0 Å². The summed E-state index contributed by atoms with van der Waals surface area (Å²) in [6, 6.07) is -1.17. The molecule has 0 aromatic rings. The Labute approximate surface area is 96.3 Å². The van der Waals surface area contributed by atoms with Crippen molar-refractivity contribution in [2.24, 2.45) is 11.5 Å². The summed E-state index contributed by atoms with van der Waals surface area (Å²) in [5.74, 6) is -0.363. The molecule has 0 saturated carbocycles. The Balaban J connectivity index is 4.28. The summed E-state index contributed by atoms with van der Waals surface area (Å²) in [4.78, 5) is 24.1. The second-order valence-electron chi connectivity index (χ2n) is 3.71. The highest BCUT2D eigenvalue weighted by Crippen LogP contribution is 2.02. The van der Waals surface area contributed by atoms with Crippen LogP contribution in [0.2, 0.25) is 0 Å². The molecular formula is C10H22N4O2. The van der Waals surface area contributed by atoms with E-state index in [1.165, 1.54) is 0 Å². The quantitative estimate of drug-likeness (QED) is 0.555. The standard InChI is InChI=1S/C10H22N4O2/c1-3-6-14(7-4-5-11)8(2)9(15)13-10(12)16/h8H,3-7,11H2,1-2H3,(H3,12,13,15,16). The monoisotopic (exact) mass is 230 g/mol. The lowest BCUT2D eigenvalue weighted by Crippen LogP contribution is -2.49. The second-order valence-corrected chi connectivity index (χ2v) is 3.71. The van der Waals surface area contributed by atoms with E-state index in [0.717, 1.165) is 25.9 Å². The van der Waals surface area contributed by atoms with Gasteiger partial charge in [0, 0.05) is 6.54 Å². The molecule has 6 heteroatoms. The lowest BCUT2D eigenvalue weighted by Gasteiger charge is -2.27. The van der Waals surface area contributed by atoms with Crippen LogP contribution in [0, 0.1) is 0 Å². The van der Waals surface area contributed by atoms with Gasteiger partial charge in [0.2, 0.25) is 5.91 Å². The average molecular weight is 230 g/mol. The number of nitrogens with two attached hydrogens (primary N) is 2. The fourth-order valence-corrected chi connectivity index (χ4v) is 1.47.